The number of azide groups is 2. The smallest absolute Gasteiger partial charge is 0.490 e. The Morgan fingerprint density at radius 3 is 1.89 bits per heavy atom. The third-order valence-corrected chi connectivity index (χ3v) is 24.0. The number of amides is 3. The van der Waals surface area contributed by atoms with E-state index in [-0.39, 0.29) is 148 Å². The fraction of sp³-hybridized carbons (Fsp3) is 0.573. The Hall–Kier alpha value is -10.5. The predicted octanol–water partition coefficient (Wildman–Crippen LogP) is 8.79. The van der Waals surface area contributed by atoms with Gasteiger partial charge in [-0.1, -0.05) is 28.1 Å². The summed E-state index contributed by atoms with van der Waals surface area (Å²) < 4.78 is 151. The second-order valence-electron chi connectivity index (χ2n) is 30.9. The van der Waals surface area contributed by atoms with Crippen molar-refractivity contribution in [3.8, 4) is 45.8 Å². The van der Waals surface area contributed by atoms with Gasteiger partial charge in [-0.2, -0.15) is 13.6 Å². The number of phosphoric acid groups is 3. The van der Waals surface area contributed by atoms with Crippen LogP contribution in [0.15, 0.2) is 97.4 Å². The number of Topliss-reactive ketones (excluding diaryl/α,β-unsaturated/α-hetero) is 1. The van der Waals surface area contributed by atoms with Gasteiger partial charge in [-0.15, -0.1) is 0 Å². The predicted molar refractivity (Wildman–Crippen MR) is 510 cm³/mol. The highest BCUT2D eigenvalue weighted by atomic mass is 31.3. The van der Waals surface area contributed by atoms with E-state index in [0.29, 0.717) is 174 Å². The van der Waals surface area contributed by atoms with E-state index in [1.165, 1.54) is 22.9 Å². The van der Waals surface area contributed by atoms with E-state index in [2.05, 4.69) is 76.7 Å². The van der Waals surface area contributed by atoms with E-state index < -0.39 is 78.9 Å². The van der Waals surface area contributed by atoms with Crippen molar-refractivity contribution >= 4 is 86.6 Å². The van der Waals surface area contributed by atoms with Gasteiger partial charge in [-0.25, -0.2) is 18.5 Å². The van der Waals surface area contributed by atoms with E-state index in [1.54, 1.807) is 30.3 Å². The van der Waals surface area contributed by atoms with Crippen molar-refractivity contribution in [3.05, 3.63) is 137 Å². The molecule has 5 aromatic rings. The summed E-state index contributed by atoms with van der Waals surface area (Å²) in [7, 11) is -17.2. The largest absolute Gasteiger partial charge is 0.494 e. The molecule has 2 aromatic heterocycles. The molecule has 6 atom stereocenters. The number of rotatable bonds is 76. The summed E-state index contributed by atoms with van der Waals surface area (Å²) in [5, 5.41) is 30.7. The van der Waals surface area contributed by atoms with Crippen LogP contribution in [0.4, 0.5) is 11.6 Å². The number of fused-ring (bicyclic) bond motifs is 3. The summed E-state index contributed by atoms with van der Waals surface area (Å²) in [5.74, 6) is 4.25. The zero-order valence-electron chi connectivity index (χ0n) is 79.6. The van der Waals surface area contributed by atoms with Crippen LogP contribution in [0, 0.1) is 25.7 Å². The molecule has 142 heavy (non-hydrogen) atoms. The molecule has 3 aliphatic rings. The molecule has 0 saturated carbocycles. The lowest BCUT2D eigenvalue weighted by atomic mass is 9.89. The number of carboxylic acid groups (broad SMARTS) is 1. The van der Waals surface area contributed by atoms with Gasteiger partial charge < -0.3 is 141 Å². The van der Waals surface area contributed by atoms with Gasteiger partial charge in [-0.3, -0.25) is 38.5 Å². The molecule has 3 aromatic carbocycles. The zero-order valence-corrected chi connectivity index (χ0v) is 82.3. The number of aryl methyl sites for hydroxylation is 2. The number of ketones is 1. The van der Waals surface area contributed by atoms with E-state index in [4.69, 9.17) is 116 Å². The average molecular weight is 2060 g/mol. The van der Waals surface area contributed by atoms with Gasteiger partial charge in [0.2, 0.25) is 17.8 Å². The summed E-state index contributed by atoms with van der Waals surface area (Å²) in [5.41, 5.74) is 29.0. The summed E-state index contributed by atoms with van der Waals surface area (Å²) in [6, 6.07) is 19.2. The number of nitrogen functional groups attached to an aromatic ring is 1. The number of carboxylic acids is 1. The number of benzene rings is 4. The molecule has 12 N–H and O–H groups in total. The minimum Gasteiger partial charge on any atom is -0.494 e. The number of ether oxygens (including phenoxy) is 17. The minimum absolute atomic E-state index is 0.0106. The maximum absolute atomic E-state index is 13.2. The van der Waals surface area contributed by atoms with Gasteiger partial charge in [0.05, 0.1) is 187 Å². The molecule has 1 saturated heterocycles. The summed E-state index contributed by atoms with van der Waals surface area (Å²) >= 11 is 0. The Morgan fingerprint density at radius 2 is 1.26 bits per heavy atom. The number of nitrogens with zero attached hydrogens (tertiary/aromatic N) is 9. The van der Waals surface area contributed by atoms with Gasteiger partial charge in [0.1, 0.15) is 55.1 Å². The van der Waals surface area contributed by atoms with Crippen molar-refractivity contribution in [2.24, 2.45) is 15.2 Å². The monoisotopic (exact) mass is 2060 g/mol. The molecule has 2 aliphatic heterocycles. The number of hydrogen-bond donors (Lipinski definition) is 11. The van der Waals surface area contributed by atoms with Crippen molar-refractivity contribution in [1.29, 1.82) is 0 Å². The number of unbranched alkanes of at least 4 members (excludes halogenated alkanes) is 2. The quantitative estimate of drug-likeness (QED) is 0.00322. The second kappa shape index (κ2) is 65.0. The fourth-order valence-electron chi connectivity index (χ4n) is 13.7. The SMILES string of the molecule is CCN=c1cc2oc3cc(NCC)c(C)cc3c(-c3ccc(OCCCC(=O)NCCOCCCCCOCCOCCOCCOCCOCCOCCOCCOCCOCCOCCC(=O)NCCNC(=O)c4cccc(OCC(N=[N+]=[N-])OCCOCC(=O)CCC#Cc5cn(C6CC(OCN=[N+]=[N-])C(COP(=O)(O)OP(=O)(O)OP(=O)(O)O)O6)c6nc(N)[nH]c(=O)c56)c4)cc3C(=O)O)c-2cc1C. The van der Waals surface area contributed by atoms with Gasteiger partial charge in [0, 0.05) is 134 Å². The van der Waals surface area contributed by atoms with Crippen LogP contribution < -0.4 is 47.4 Å². The molecular weight excluding hydrogens is 1930 g/mol. The molecule has 6 unspecified atom stereocenters. The van der Waals surface area contributed by atoms with E-state index in [0.717, 1.165) is 64.5 Å². The van der Waals surface area contributed by atoms with E-state index in [9.17, 15) is 57.4 Å². The lowest BCUT2D eigenvalue weighted by Gasteiger charge is -2.21. The number of H-pyrrole nitrogens is 1. The molecule has 1 aliphatic carbocycles. The van der Waals surface area contributed by atoms with Crippen LogP contribution in [-0.4, -0.2) is 312 Å². The standard InChI is InChI=1S/C89H126N15O35P3/c1-5-93-73-54-75-71(50-62(73)3)84(72-51-63(4)74(94-6-2)55-76(72)136-75)69-20-19-68(53-70(69)88(110)111)131-27-13-18-79(106)96-24-29-119-25-10-7-11-26-120-30-32-122-34-36-124-38-40-126-42-44-128-46-47-129-45-43-127-41-39-125-37-35-123-33-31-121-28-21-80(107)95-22-23-97-86(108)64-15-12-17-67(52-64)133-60-81(101-103-92)132-49-48-130-58-66(105)16-9-8-14-65-57-104(85-83(65)87(109)100-89(90)99-85)82-56-77(134-61-98-102-91)78(137-82)59-135-141(115,116)139-142(117,118)138-140(112,113)114/h12,15,17,19-20,50-55,57,77-78,81-82,93H,5-7,9-11,13,16,18,21-49,56,58-61H2,1-4H3,(H,95,107)(H,96,106)(H,97,108)(H,110,111)(H,115,116)(H,117,118)(H2,112,113,114)(H3,90,99,100,109). The number of aromatic amines is 1. The molecule has 3 amide bonds. The number of carbonyl (C=O) groups excluding carboxylic acids is 4. The number of aromatic nitrogens is 3. The first-order chi connectivity index (χ1) is 68.6. The van der Waals surface area contributed by atoms with Crippen molar-refractivity contribution in [1.82, 2.24) is 30.5 Å². The van der Waals surface area contributed by atoms with Crippen molar-refractivity contribution in [2.75, 3.05) is 235 Å². The van der Waals surface area contributed by atoms with E-state index in [1.807, 2.05) is 52.0 Å². The van der Waals surface area contributed by atoms with Gasteiger partial charge in [0.15, 0.2) is 17.7 Å². The maximum atomic E-state index is 13.2. The van der Waals surface area contributed by atoms with Crippen LogP contribution >= 0.6 is 23.5 Å². The topological polar surface area (TPSA) is 670 Å². The number of carbonyl (C=O) groups is 5. The normalized spacial score (nSPS) is 14.8. The minimum atomic E-state index is -5.86. The van der Waals surface area contributed by atoms with Crippen LogP contribution in [-0.2, 0) is 112 Å². The van der Waals surface area contributed by atoms with Crippen LogP contribution in [0.3, 0.4) is 0 Å². The Kier molecular flexibility index (Phi) is 53.4. The van der Waals surface area contributed by atoms with Crippen LogP contribution in [0.25, 0.3) is 65.3 Å². The fourth-order valence-corrected chi connectivity index (χ4v) is 16.8. The lowest BCUT2D eigenvalue weighted by Crippen LogP contribution is -2.35. The van der Waals surface area contributed by atoms with Gasteiger partial charge >= 0.3 is 29.4 Å². The highest BCUT2D eigenvalue weighted by Crippen LogP contribution is 2.66. The highest BCUT2D eigenvalue weighted by Gasteiger charge is 2.44. The molecule has 8 rings (SSSR count). The first-order valence-corrected chi connectivity index (χ1v) is 50.5. The number of aromatic carboxylic acids is 1. The Balaban J connectivity index is 0.526. The molecule has 4 heterocycles. The molecule has 782 valence electrons. The van der Waals surface area contributed by atoms with Crippen molar-refractivity contribution in [3.63, 3.8) is 0 Å². The van der Waals surface area contributed by atoms with Crippen molar-refractivity contribution in [2.45, 2.75) is 110 Å². The average Bonchev–Trinajstić information content (AvgIpc) is 1.02. The molecule has 53 heteroatoms. The number of nitrogens with one attached hydrogen (secondary N) is 5. The highest BCUT2D eigenvalue weighted by molar-refractivity contribution is 7.66. The van der Waals surface area contributed by atoms with Crippen LogP contribution in [0.2, 0.25) is 0 Å². The first kappa shape index (κ1) is 117. The molecule has 50 nitrogen and oxygen atoms in total. The molecule has 0 spiro atoms. The third kappa shape index (κ3) is 44.0. The number of nitrogens with two attached hydrogens (primary N) is 1. The lowest BCUT2D eigenvalue weighted by molar-refractivity contribution is -0.124. The Labute approximate surface area is 817 Å². The number of hydrogen-bond acceptors (Lipinski definition) is 36. The number of anilines is 2. The van der Waals surface area contributed by atoms with Gasteiger partial charge in [-0.05, 0) is 130 Å². The Morgan fingerprint density at radius 1 is 0.648 bits per heavy atom. The molecular formula is C89H126N15O35P3. The van der Waals surface area contributed by atoms with Crippen LogP contribution in [0.5, 0.6) is 11.5 Å². The first-order valence-electron chi connectivity index (χ1n) is 45.9. The molecule has 1 fully saturated rings. The van der Waals surface area contributed by atoms with Crippen molar-refractivity contribution < 1.29 is 160 Å². The summed E-state index contributed by atoms with van der Waals surface area (Å²) in [4.78, 5) is 131. The van der Waals surface area contributed by atoms with Gasteiger partial charge in [0.25, 0.3) is 11.5 Å². The zero-order chi connectivity index (χ0) is 102. The molecule has 0 bridgehead atoms. The molecule has 0 radical (unpaired) electrons. The third-order valence-electron chi connectivity index (χ3n) is 20.2. The maximum Gasteiger partial charge on any atom is 0.490 e. The van der Waals surface area contributed by atoms with E-state index >= 15 is 0 Å². The second-order valence-corrected chi connectivity index (χ2v) is 35.3. The van der Waals surface area contributed by atoms with Crippen LogP contribution in [0.1, 0.15) is 115 Å². The summed E-state index contributed by atoms with van der Waals surface area (Å²) in [6.45, 7) is 16.9. The number of phosphoric ester groups is 1. The summed E-state index contributed by atoms with van der Waals surface area (Å²) in [6.07, 6.45) is -0.140. The Bertz CT molecular complexity index is 5550.